The molecule has 1 unspecified atom stereocenters. The van der Waals surface area contributed by atoms with Gasteiger partial charge >= 0.3 is 0 Å². The van der Waals surface area contributed by atoms with Gasteiger partial charge in [-0.1, -0.05) is 11.6 Å². The third-order valence-electron chi connectivity index (χ3n) is 3.45. The smallest absolute Gasteiger partial charge is 0.243 e. The number of rotatable bonds is 3. The summed E-state index contributed by atoms with van der Waals surface area (Å²) < 4.78 is 15.1. The molecule has 1 saturated carbocycles. The van der Waals surface area contributed by atoms with Gasteiger partial charge in [-0.25, -0.2) is 9.37 Å². The molecule has 0 radical (unpaired) electrons. The van der Waals surface area contributed by atoms with Crippen molar-refractivity contribution < 1.29 is 9.18 Å². The van der Waals surface area contributed by atoms with Crippen LogP contribution >= 0.6 is 11.6 Å². The first-order chi connectivity index (χ1) is 9.47. The van der Waals surface area contributed by atoms with Crippen molar-refractivity contribution in [3.8, 4) is 0 Å². The Bertz CT molecular complexity index is 695. The van der Waals surface area contributed by atoms with Crippen molar-refractivity contribution in [3.63, 3.8) is 0 Å². The molecule has 1 heterocycles. The Labute approximate surface area is 119 Å². The third-order valence-corrected chi connectivity index (χ3v) is 3.74. The molecule has 3 N–H and O–H groups in total. The van der Waals surface area contributed by atoms with Gasteiger partial charge in [0.25, 0.3) is 0 Å². The first-order valence-electron chi connectivity index (χ1n) is 6.40. The molecule has 1 atom stereocenters. The predicted octanol–water partition coefficient (Wildman–Crippen LogP) is 2.25. The number of nitrogens with one attached hydrogen (secondary N) is 1. The highest BCUT2D eigenvalue weighted by atomic mass is 35.5. The van der Waals surface area contributed by atoms with Crippen LogP contribution in [0.2, 0.25) is 5.02 Å². The average Bonchev–Trinajstić information content (AvgIpc) is 3.13. The number of nitrogens with zero attached hydrogens (tertiary/aromatic N) is 2. The van der Waals surface area contributed by atoms with E-state index in [0.29, 0.717) is 11.0 Å². The van der Waals surface area contributed by atoms with E-state index in [1.54, 1.807) is 6.92 Å². The number of carbonyl (C=O) groups is 1. The van der Waals surface area contributed by atoms with E-state index in [9.17, 15) is 9.18 Å². The molecule has 1 amide bonds. The van der Waals surface area contributed by atoms with Crippen LogP contribution in [0.5, 0.6) is 0 Å². The van der Waals surface area contributed by atoms with E-state index in [1.165, 1.54) is 16.7 Å². The van der Waals surface area contributed by atoms with Gasteiger partial charge in [0.15, 0.2) is 0 Å². The number of imidazole rings is 1. The molecule has 1 aromatic heterocycles. The highest BCUT2D eigenvalue weighted by Crippen LogP contribution is 2.28. The molecule has 5 nitrogen and oxygen atoms in total. The van der Waals surface area contributed by atoms with E-state index in [-0.39, 0.29) is 22.9 Å². The summed E-state index contributed by atoms with van der Waals surface area (Å²) in [5.41, 5.74) is 6.78. The van der Waals surface area contributed by atoms with Crippen molar-refractivity contribution in [2.24, 2.45) is 0 Å². The van der Waals surface area contributed by atoms with Crippen LogP contribution in [0.3, 0.4) is 0 Å². The molecular weight excluding hydrogens is 283 g/mol. The molecular formula is C13H14ClFN4O. The molecule has 106 valence electrons. The van der Waals surface area contributed by atoms with Crippen molar-refractivity contribution >= 4 is 34.5 Å². The van der Waals surface area contributed by atoms with Crippen molar-refractivity contribution in [1.29, 1.82) is 0 Å². The van der Waals surface area contributed by atoms with E-state index < -0.39 is 11.9 Å². The second kappa shape index (κ2) is 4.63. The van der Waals surface area contributed by atoms with Crippen LogP contribution in [0, 0.1) is 5.82 Å². The van der Waals surface area contributed by atoms with Gasteiger partial charge in [0.1, 0.15) is 11.9 Å². The van der Waals surface area contributed by atoms with Crippen LogP contribution in [-0.2, 0) is 4.79 Å². The van der Waals surface area contributed by atoms with Crippen LogP contribution in [0.4, 0.5) is 10.3 Å². The topological polar surface area (TPSA) is 72.9 Å². The highest BCUT2D eigenvalue weighted by molar-refractivity contribution is 6.31. The molecule has 0 spiro atoms. The lowest BCUT2D eigenvalue weighted by Crippen LogP contribution is -2.32. The van der Waals surface area contributed by atoms with Gasteiger partial charge in [-0.3, -0.25) is 9.36 Å². The second-order valence-corrected chi connectivity index (χ2v) is 5.46. The Hall–Kier alpha value is -1.82. The normalized spacial score (nSPS) is 16.4. The molecule has 7 heteroatoms. The number of hydrogen-bond donors (Lipinski definition) is 2. The molecule has 1 aliphatic rings. The summed E-state index contributed by atoms with van der Waals surface area (Å²) in [6, 6.07) is 2.36. The molecule has 0 aliphatic heterocycles. The number of carbonyl (C=O) groups excluding carboxylic acids is 1. The molecule has 2 aromatic rings. The fraction of sp³-hybridized carbons (Fsp3) is 0.385. The number of anilines is 1. The van der Waals surface area contributed by atoms with Gasteiger partial charge in [-0.15, -0.1) is 0 Å². The summed E-state index contributed by atoms with van der Waals surface area (Å²) in [7, 11) is 0. The molecule has 0 bridgehead atoms. The first kappa shape index (κ1) is 13.2. The van der Waals surface area contributed by atoms with E-state index >= 15 is 0 Å². The Morgan fingerprint density at radius 2 is 2.30 bits per heavy atom. The van der Waals surface area contributed by atoms with Crippen molar-refractivity contribution in [2.45, 2.75) is 31.8 Å². The maximum atomic E-state index is 13.6. The number of nitrogens with two attached hydrogens (primary N) is 1. The lowest BCUT2D eigenvalue weighted by molar-refractivity contribution is -0.123. The van der Waals surface area contributed by atoms with Gasteiger partial charge in [-0.2, -0.15) is 0 Å². The molecule has 1 aliphatic carbocycles. The zero-order valence-corrected chi connectivity index (χ0v) is 11.6. The number of hydrogen-bond acceptors (Lipinski definition) is 3. The van der Waals surface area contributed by atoms with Crippen LogP contribution in [-0.4, -0.2) is 21.5 Å². The molecule has 3 rings (SSSR count). The Morgan fingerprint density at radius 1 is 1.60 bits per heavy atom. The van der Waals surface area contributed by atoms with Gasteiger partial charge in [-0.05, 0) is 25.8 Å². The van der Waals surface area contributed by atoms with Crippen molar-refractivity contribution in [2.75, 3.05) is 5.73 Å². The summed E-state index contributed by atoms with van der Waals surface area (Å²) in [6.07, 6.45) is 2.01. The maximum absolute atomic E-state index is 13.6. The summed E-state index contributed by atoms with van der Waals surface area (Å²) >= 11 is 5.72. The average molecular weight is 297 g/mol. The maximum Gasteiger partial charge on any atom is 0.243 e. The van der Waals surface area contributed by atoms with Crippen molar-refractivity contribution in [1.82, 2.24) is 14.9 Å². The van der Waals surface area contributed by atoms with Gasteiger partial charge < -0.3 is 11.1 Å². The summed E-state index contributed by atoms with van der Waals surface area (Å²) in [5, 5.41) is 2.88. The minimum atomic E-state index is -0.560. The Morgan fingerprint density at radius 3 is 2.95 bits per heavy atom. The zero-order valence-electron chi connectivity index (χ0n) is 10.9. The fourth-order valence-corrected chi connectivity index (χ4v) is 2.34. The summed E-state index contributed by atoms with van der Waals surface area (Å²) in [6.45, 7) is 1.71. The monoisotopic (exact) mass is 296 g/mol. The SMILES string of the molecule is CC(C(=O)NC1CC1)n1c(N)nc2cc(Cl)c(F)cc21. The highest BCUT2D eigenvalue weighted by Gasteiger charge is 2.28. The number of nitrogen functional groups attached to an aromatic ring is 1. The minimum Gasteiger partial charge on any atom is -0.369 e. The molecule has 1 fully saturated rings. The molecule has 0 saturated heterocycles. The van der Waals surface area contributed by atoms with E-state index in [1.807, 2.05) is 0 Å². The van der Waals surface area contributed by atoms with Gasteiger partial charge in [0.2, 0.25) is 11.9 Å². The number of aromatic nitrogens is 2. The minimum absolute atomic E-state index is 0.0164. The first-order valence-corrected chi connectivity index (χ1v) is 6.78. The quantitative estimate of drug-likeness (QED) is 0.912. The third kappa shape index (κ3) is 2.20. The Balaban J connectivity index is 2.02. The van der Waals surface area contributed by atoms with Crippen molar-refractivity contribution in [3.05, 3.63) is 23.0 Å². The van der Waals surface area contributed by atoms with Crippen LogP contribution in [0.1, 0.15) is 25.8 Å². The number of halogens is 2. The number of amides is 1. The largest absolute Gasteiger partial charge is 0.369 e. The zero-order chi connectivity index (χ0) is 14.4. The number of benzene rings is 1. The summed E-state index contributed by atoms with van der Waals surface area (Å²) in [5.74, 6) is -0.538. The lowest BCUT2D eigenvalue weighted by atomic mass is 10.2. The molecule has 20 heavy (non-hydrogen) atoms. The number of fused-ring (bicyclic) bond motifs is 1. The fourth-order valence-electron chi connectivity index (χ4n) is 2.18. The van der Waals surface area contributed by atoms with Crippen LogP contribution in [0.15, 0.2) is 12.1 Å². The standard InChI is InChI=1S/C13H14ClFN4O/c1-6(12(20)17-7-2-3-7)19-11-5-9(15)8(14)4-10(11)18-13(19)16/h4-7H,2-3H2,1H3,(H2,16,18)(H,17,20). The van der Waals surface area contributed by atoms with E-state index in [0.717, 1.165) is 12.8 Å². The summed E-state index contributed by atoms with van der Waals surface area (Å²) in [4.78, 5) is 16.2. The van der Waals surface area contributed by atoms with Gasteiger partial charge in [0, 0.05) is 12.1 Å². The second-order valence-electron chi connectivity index (χ2n) is 5.05. The predicted molar refractivity (Wildman–Crippen MR) is 75.0 cm³/mol. The lowest BCUT2D eigenvalue weighted by Gasteiger charge is -2.15. The van der Waals surface area contributed by atoms with Gasteiger partial charge in [0.05, 0.1) is 16.1 Å². The van der Waals surface area contributed by atoms with Crippen LogP contribution in [0.25, 0.3) is 11.0 Å². The Kier molecular flexibility index (Phi) is 3.05. The molecule has 1 aromatic carbocycles. The van der Waals surface area contributed by atoms with Crippen LogP contribution < -0.4 is 11.1 Å². The van der Waals surface area contributed by atoms with E-state index in [2.05, 4.69) is 10.3 Å². The van der Waals surface area contributed by atoms with E-state index in [4.69, 9.17) is 17.3 Å².